The van der Waals surface area contributed by atoms with Gasteiger partial charge in [0.15, 0.2) is 0 Å². The van der Waals surface area contributed by atoms with Gasteiger partial charge in [-0.05, 0) is 0 Å². The molecule has 1 aliphatic heterocycles. The Labute approximate surface area is 117 Å². The smallest absolute Gasteiger partial charge is 0.0883 e. The molecule has 1 heterocycles. The molecule has 1 aliphatic rings. The molecule has 0 saturated carbocycles. The fraction of sp³-hybridized carbons (Fsp3) is 0.429. The van der Waals surface area contributed by atoms with Crippen molar-refractivity contribution in [3.05, 3.63) is 40.7 Å². The monoisotopic (exact) mass is 441 g/mol. The van der Waals surface area contributed by atoms with E-state index < -0.39 is 34.5 Å². The molecular formula is C14H19NO2Pb-. The molecule has 2 rings (SSSR count). The summed E-state index contributed by atoms with van der Waals surface area (Å²) in [4.78, 5) is 21.8. The number of fused-ring (bicyclic) bond motifs is 1. The van der Waals surface area contributed by atoms with E-state index in [9.17, 15) is 9.59 Å². The minimum atomic E-state index is -0.789. The molecule has 0 aliphatic carbocycles. The van der Waals surface area contributed by atoms with Gasteiger partial charge in [0, 0.05) is 11.1 Å². The van der Waals surface area contributed by atoms with E-state index in [0.29, 0.717) is 11.1 Å². The average molecular weight is 441 g/mol. The van der Waals surface area contributed by atoms with E-state index in [1.165, 1.54) is 0 Å². The van der Waals surface area contributed by atoms with Gasteiger partial charge in [-0.1, -0.05) is 24.3 Å². The summed E-state index contributed by atoms with van der Waals surface area (Å²) < 4.78 is 4.70. The Morgan fingerprint density at radius 2 is 1.28 bits per heavy atom. The van der Waals surface area contributed by atoms with Crippen LogP contribution in [-0.2, 0) is 0 Å². The van der Waals surface area contributed by atoms with Crippen LogP contribution in [0, 0.1) is 0 Å². The van der Waals surface area contributed by atoms with Gasteiger partial charge in [0.1, 0.15) is 0 Å². The van der Waals surface area contributed by atoms with E-state index in [1.54, 1.807) is 36.2 Å². The van der Waals surface area contributed by atoms with Crippen molar-refractivity contribution >= 4 is 34.5 Å². The number of imide groups is 1. The number of hydrogen-bond donors (Lipinski definition) is 0. The summed E-state index contributed by atoms with van der Waals surface area (Å²) in [5.74, 6) is -0.851. The van der Waals surface area contributed by atoms with Crippen LogP contribution in [0.1, 0.15) is 41.5 Å². The Kier molecular flexibility index (Phi) is 6.53. The van der Waals surface area contributed by atoms with Gasteiger partial charge in [0.2, 0.25) is 0 Å². The normalized spacial score (nSPS) is 12.9. The zero-order chi connectivity index (χ0) is 13.5. The van der Waals surface area contributed by atoms with Crippen molar-refractivity contribution in [3.8, 4) is 0 Å². The zero-order valence-electron chi connectivity index (χ0n) is 11.2. The molecule has 0 fully saturated rings. The van der Waals surface area contributed by atoms with E-state index in [0.717, 1.165) is 0 Å². The molecule has 97 valence electrons. The number of amides is 2. The summed E-state index contributed by atoms with van der Waals surface area (Å²) in [6.07, 6.45) is 0. The van der Waals surface area contributed by atoms with Gasteiger partial charge in [0.25, 0.3) is 0 Å². The van der Waals surface area contributed by atoms with E-state index in [1.807, 2.05) is 0 Å². The predicted octanol–water partition coefficient (Wildman–Crippen LogP) is 3.90. The summed E-state index contributed by atoms with van der Waals surface area (Å²) in [6.45, 7) is 7.07. The van der Waals surface area contributed by atoms with Crippen molar-refractivity contribution in [1.82, 2.24) is 0 Å². The van der Waals surface area contributed by atoms with Crippen LogP contribution in [0.5, 0.6) is 0 Å². The second kappa shape index (κ2) is 7.66. The second-order valence-electron chi connectivity index (χ2n) is 4.08. The largest absolute Gasteiger partial charge is 0.587 e. The van der Waals surface area contributed by atoms with Crippen LogP contribution in [0.3, 0.4) is 0 Å². The molecule has 0 atom stereocenters. The molecule has 1 aromatic carbocycles. The summed E-state index contributed by atoms with van der Waals surface area (Å²) in [5.41, 5.74) is 0.829. The number of rotatable bonds is 3. The van der Waals surface area contributed by atoms with Gasteiger partial charge in [-0.2, -0.15) is 0 Å². The first-order chi connectivity index (χ1) is 8.63. The van der Waals surface area contributed by atoms with E-state index in [2.05, 4.69) is 26.1 Å². The first-order valence-electron chi connectivity index (χ1n) is 6.36. The number of hydrogen-bond acceptors (Lipinski definition) is 2. The Balaban J connectivity index is 0.000000203. The summed E-state index contributed by atoms with van der Waals surface area (Å²) >= 11 is -0.789. The van der Waals surface area contributed by atoms with Gasteiger partial charge in [-0.3, -0.25) is 0 Å². The van der Waals surface area contributed by atoms with Gasteiger partial charge < -0.3 is 14.9 Å². The van der Waals surface area contributed by atoms with Crippen molar-refractivity contribution in [1.29, 1.82) is 0 Å². The topological polar surface area (TPSA) is 48.2 Å². The molecule has 1 aromatic rings. The molecule has 0 bridgehead atoms. The van der Waals surface area contributed by atoms with Crippen LogP contribution in [0.15, 0.2) is 24.3 Å². The minimum absolute atomic E-state index is 0.414. The quantitative estimate of drug-likeness (QED) is 0.529. The van der Waals surface area contributed by atoms with Crippen molar-refractivity contribution in [2.45, 2.75) is 32.7 Å². The summed E-state index contributed by atoms with van der Waals surface area (Å²) in [6, 6.07) is 6.63. The number of carbonyl (C=O) groups is 2. The average Bonchev–Trinajstić information content (AvgIpc) is 2.69. The first kappa shape index (κ1) is 15.3. The Morgan fingerprint density at radius 3 is 1.56 bits per heavy atom. The summed E-state index contributed by atoms with van der Waals surface area (Å²) in [5, 5.41) is 3.28. The molecule has 1 radical (unpaired) electrons. The third kappa shape index (κ3) is 3.90. The van der Waals surface area contributed by atoms with Crippen LogP contribution < -0.4 is 0 Å². The molecule has 3 nitrogen and oxygen atoms in total. The predicted molar refractivity (Wildman–Crippen MR) is 75.7 cm³/mol. The van der Waals surface area contributed by atoms with Crippen LogP contribution in [-0.4, -0.2) is 34.5 Å². The van der Waals surface area contributed by atoms with Gasteiger partial charge in [-0.15, -0.1) is 0 Å². The van der Waals surface area contributed by atoms with E-state index >= 15 is 0 Å². The van der Waals surface area contributed by atoms with E-state index in [-0.39, 0.29) is 0 Å². The standard InChI is InChI=1S/C8H5NO2.3C2H5.Pb/c10-7-5-3-1-2-4-6(5)8(11)9-7;3*1-2;/h1-4H,(H,9,10,11);3*1H2,2H3;/p-1. The van der Waals surface area contributed by atoms with Crippen LogP contribution in [0.25, 0.3) is 5.32 Å². The maximum absolute atomic E-state index is 10.9. The Morgan fingerprint density at radius 1 is 0.889 bits per heavy atom. The van der Waals surface area contributed by atoms with Crippen molar-refractivity contribution < 1.29 is 9.59 Å². The van der Waals surface area contributed by atoms with Crippen molar-refractivity contribution in [2.24, 2.45) is 0 Å². The van der Waals surface area contributed by atoms with Crippen molar-refractivity contribution in [3.63, 3.8) is 0 Å². The van der Waals surface area contributed by atoms with Crippen LogP contribution in [0.2, 0.25) is 11.9 Å². The van der Waals surface area contributed by atoms with Crippen molar-refractivity contribution in [2.75, 3.05) is 0 Å². The number of carbonyl (C=O) groups excluding carboxylic acids is 2. The minimum Gasteiger partial charge on any atom is -0.587 e. The molecule has 0 N–H and O–H groups in total. The molecule has 4 heteroatoms. The Bertz CT molecular complexity index is 389. The molecule has 0 spiro atoms. The van der Waals surface area contributed by atoms with Gasteiger partial charge in [-0.25, -0.2) is 0 Å². The van der Waals surface area contributed by atoms with Gasteiger partial charge in [0.05, 0.1) is 11.8 Å². The fourth-order valence-electron chi connectivity index (χ4n) is 1.82. The summed E-state index contributed by atoms with van der Waals surface area (Å²) in [7, 11) is 0. The number of nitrogens with zero attached hydrogens (tertiary/aromatic N) is 1. The maximum atomic E-state index is 10.9. The molecule has 18 heavy (non-hydrogen) atoms. The third-order valence-corrected chi connectivity index (χ3v) is 14.8. The van der Waals surface area contributed by atoms with Crippen LogP contribution >= 0.6 is 0 Å². The fourth-order valence-corrected chi connectivity index (χ4v) is 7.65. The zero-order valence-corrected chi connectivity index (χ0v) is 15.1. The molecule has 2 amide bonds. The van der Waals surface area contributed by atoms with E-state index in [4.69, 9.17) is 0 Å². The second-order valence-corrected chi connectivity index (χ2v) is 18.2. The molecule has 0 aromatic heterocycles. The number of benzene rings is 1. The maximum Gasteiger partial charge on any atom is 0.0883 e. The SMILES string of the molecule is C[CH2][Pb]([CH2]C)[CH2]C.O=C1[N-]C(=O)c2ccccc21. The molecule has 0 unspecified atom stereocenters. The van der Waals surface area contributed by atoms with Crippen LogP contribution in [0.4, 0.5) is 0 Å². The molecular weight excluding hydrogens is 421 g/mol. The Hall–Kier alpha value is -0.718. The molecule has 0 saturated heterocycles. The third-order valence-electron chi connectivity index (χ3n) is 3.09. The first-order valence-corrected chi connectivity index (χ1v) is 14.6. The van der Waals surface area contributed by atoms with Gasteiger partial charge >= 0.3 is 55.4 Å².